The Bertz CT molecular complexity index is 998. The quantitative estimate of drug-likeness (QED) is 0.731. The van der Waals surface area contributed by atoms with Crippen molar-refractivity contribution < 1.29 is 24.1 Å². The topological polar surface area (TPSA) is 77.9 Å². The average molecular weight is 365 g/mol. The van der Waals surface area contributed by atoms with Crippen LogP contribution in [0.25, 0.3) is 22.2 Å². The molecule has 0 fully saturated rings. The average Bonchev–Trinajstić information content (AvgIpc) is 2.70. The Labute approximate surface area is 156 Å². The summed E-state index contributed by atoms with van der Waals surface area (Å²) in [7, 11) is 0. The van der Waals surface area contributed by atoms with Crippen molar-refractivity contribution in [2.45, 2.75) is 13.3 Å². The molecule has 0 bridgehead atoms. The van der Waals surface area contributed by atoms with E-state index in [1.54, 1.807) is 18.2 Å². The first-order valence-electron chi connectivity index (χ1n) is 8.86. The third-order valence-electron chi connectivity index (χ3n) is 4.33. The van der Waals surface area contributed by atoms with E-state index in [2.05, 4.69) is 4.98 Å². The minimum Gasteiger partial charge on any atom is -0.494 e. The zero-order valence-electron chi connectivity index (χ0n) is 14.9. The van der Waals surface area contributed by atoms with Gasteiger partial charge in [0.2, 0.25) is 0 Å². The lowest BCUT2D eigenvalue weighted by atomic mass is 10.0. The van der Waals surface area contributed by atoms with Crippen molar-refractivity contribution in [1.29, 1.82) is 0 Å². The van der Waals surface area contributed by atoms with Crippen LogP contribution in [0.1, 0.15) is 23.7 Å². The first-order valence-corrected chi connectivity index (χ1v) is 8.86. The normalized spacial score (nSPS) is 12.8. The number of hydrogen-bond acceptors (Lipinski definition) is 5. The summed E-state index contributed by atoms with van der Waals surface area (Å²) >= 11 is 0. The molecular weight excluding hydrogens is 346 g/mol. The fourth-order valence-electron chi connectivity index (χ4n) is 3.03. The number of nitrogens with zero attached hydrogens (tertiary/aromatic N) is 1. The molecule has 0 atom stereocenters. The molecule has 6 nitrogen and oxygen atoms in total. The molecule has 0 saturated heterocycles. The molecular formula is C21H19NO5. The van der Waals surface area contributed by atoms with Gasteiger partial charge in [-0.2, -0.15) is 0 Å². The third-order valence-corrected chi connectivity index (χ3v) is 4.33. The van der Waals surface area contributed by atoms with Crippen LogP contribution in [0.5, 0.6) is 17.2 Å². The van der Waals surface area contributed by atoms with E-state index in [9.17, 15) is 9.90 Å². The number of rotatable bonds is 5. The highest BCUT2D eigenvalue weighted by Crippen LogP contribution is 2.36. The van der Waals surface area contributed by atoms with Crippen LogP contribution >= 0.6 is 0 Å². The van der Waals surface area contributed by atoms with E-state index in [1.807, 2.05) is 31.2 Å². The maximum absolute atomic E-state index is 11.8. The van der Waals surface area contributed by atoms with Crippen LogP contribution in [0.3, 0.4) is 0 Å². The van der Waals surface area contributed by atoms with Crippen LogP contribution < -0.4 is 14.2 Å². The van der Waals surface area contributed by atoms with Gasteiger partial charge in [0.25, 0.3) is 0 Å². The van der Waals surface area contributed by atoms with E-state index in [0.29, 0.717) is 47.9 Å². The monoisotopic (exact) mass is 365 g/mol. The largest absolute Gasteiger partial charge is 0.494 e. The number of ether oxygens (including phenoxy) is 3. The number of pyridine rings is 1. The highest BCUT2D eigenvalue weighted by Gasteiger charge is 2.19. The smallest absolute Gasteiger partial charge is 0.336 e. The molecule has 4 rings (SSSR count). The molecule has 0 saturated carbocycles. The van der Waals surface area contributed by atoms with Gasteiger partial charge >= 0.3 is 5.97 Å². The fourth-order valence-corrected chi connectivity index (χ4v) is 3.03. The second-order valence-electron chi connectivity index (χ2n) is 6.25. The number of carbonyl (C=O) groups is 1. The van der Waals surface area contributed by atoms with Gasteiger partial charge in [-0.15, -0.1) is 0 Å². The van der Waals surface area contributed by atoms with Gasteiger partial charge < -0.3 is 19.3 Å². The summed E-state index contributed by atoms with van der Waals surface area (Å²) < 4.78 is 16.8. The van der Waals surface area contributed by atoms with E-state index in [0.717, 1.165) is 17.7 Å². The summed E-state index contributed by atoms with van der Waals surface area (Å²) in [5.74, 6) is 0.893. The number of carboxylic acids is 1. The fraction of sp³-hybridized carbons (Fsp3) is 0.238. The molecule has 0 aliphatic carbocycles. The molecule has 0 spiro atoms. The van der Waals surface area contributed by atoms with Crippen molar-refractivity contribution in [2.24, 2.45) is 0 Å². The van der Waals surface area contributed by atoms with Crippen molar-refractivity contribution >= 4 is 16.9 Å². The van der Waals surface area contributed by atoms with E-state index < -0.39 is 5.97 Å². The highest BCUT2D eigenvalue weighted by molar-refractivity contribution is 6.04. The van der Waals surface area contributed by atoms with Gasteiger partial charge in [-0.3, -0.25) is 0 Å². The molecule has 1 aliphatic rings. The van der Waals surface area contributed by atoms with E-state index in [1.165, 1.54) is 0 Å². The molecule has 0 amide bonds. The molecule has 0 radical (unpaired) electrons. The minimum atomic E-state index is -1.01. The van der Waals surface area contributed by atoms with Gasteiger partial charge in [-0.1, -0.05) is 6.92 Å². The molecule has 6 heteroatoms. The van der Waals surface area contributed by atoms with Crippen LogP contribution in [0, 0.1) is 0 Å². The Morgan fingerprint density at radius 2 is 1.81 bits per heavy atom. The molecule has 1 aliphatic heterocycles. The van der Waals surface area contributed by atoms with Crippen molar-refractivity contribution in [1.82, 2.24) is 4.98 Å². The summed E-state index contributed by atoms with van der Waals surface area (Å²) in [4.78, 5) is 16.5. The van der Waals surface area contributed by atoms with Gasteiger partial charge in [-0.25, -0.2) is 9.78 Å². The maximum atomic E-state index is 11.8. The van der Waals surface area contributed by atoms with Crippen LogP contribution in [-0.2, 0) is 0 Å². The van der Waals surface area contributed by atoms with Crippen molar-refractivity contribution in [3.63, 3.8) is 0 Å². The minimum absolute atomic E-state index is 0.179. The SMILES string of the molecule is CCCOc1ccc(-c2cc(C(=O)O)c3cc4c(cc3n2)OCCO4)cc1. The van der Waals surface area contributed by atoms with Gasteiger partial charge in [0.15, 0.2) is 11.5 Å². The lowest BCUT2D eigenvalue weighted by Gasteiger charge is -2.19. The van der Waals surface area contributed by atoms with Gasteiger partial charge in [-0.05, 0) is 42.8 Å². The Balaban J connectivity index is 1.80. The predicted octanol–water partition coefficient (Wildman–Crippen LogP) is 4.16. The first-order chi connectivity index (χ1) is 13.2. The zero-order valence-corrected chi connectivity index (χ0v) is 14.9. The van der Waals surface area contributed by atoms with Gasteiger partial charge in [0, 0.05) is 17.0 Å². The van der Waals surface area contributed by atoms with Gasteiger partial charge in [0.1, 0.15) is 19.0 Å². The van der Waals surface area contributed by atoms with Crippen molar-refractivity contribution in [2.75, 3.05) is 19.8 Å². The molecule has 0 unspecified atom stereocenters. The summed E-state index contributed by atoms with van der Waals surface area (Å²) in [6.07, 6.45) is 0.937. The second kappa shape index (κ2) is 7.15. The summed E-state index contributed by atoms with van der Waals surface area (Å²) in [5, 5.41) is 10.2. The molecule has 27 heavy (non-hydrogen) atoms. The molecule has 1 N–H and O–H groups in total. The highest BCUT2D eigenvalue weighted by atomic mass is 16.6. The van der Waals surface area contributed by atoms with Crippen LogP contribution in [0.2, 0.25) is 0 Å². The molecule has 3 aromatic rings. The summed E-state index contributed by atoms with van der Waals surface area (Å²) in [5.41, 5.74) is 2.13. The number of carboxylic acid groups (broad SMARTS) is 1. The zero-order chi connectivity index (χ0) is 18.8. The van der Waals surface area contributed by atoms with E-state index in [-0.39, 0.29) is 5.56 Å². The lowest BCUT2D eigenvalue weighted by Crippen LogP contribution is -2.15. The van der Waals surface area contributed by atoms with Crippen LogP contribution in [0.4, 0.5) is 0 Å². The summed E-state index contributed by atoms with van der Waals surface area (Å²) in [6, 6.07) is 12.5. The maximum Gasteiger partial charge on any atom is 0.336 e. The molecule has 2 aromatic carbocycles. The number of aromatic carboxylic acids is 1. The van der Waals surface area contributed by atoms with Crippen molar-refractivity contribution in [3.8, 4) is 28.5 Å². The lowest BCUT2D eigenvalue weighted by molar-refractivity contribution is 0.0699. The molecule has 2 heterocycles. The van der Waals surface area contributed by atoms with E-state index in [4.69, 9.17) is 14.2 Å². The van der Waals surface area contributed by atoms with Gasteiger partial charge in [0.05, 0.1) is 23.4 Å². The number of aromatic nitrogens is 1. The molecule has 1 aromatic heterocycles. The number of fused-ring (bicyclic) bond motifs is 2. The number of hydrogen-bond donors (Lipinski definition) is 1. The Morgan fingerprint density at radius 3 is 2.48 bits per heavy atom. The third kappa shape index (κ3) is 3.38. The predicted molar refractivity (Wildman–Crippen MR) is 101 cm³/mol. The number of benzene rings is 2. The van der Waals surface area contributed by atoms with E-state index >= 15 is 0 Å². The summed E-state index contributed by atoms with van der Waals surface area (Å²) in [6.45, 7) is 3.61. The van der Waals surface area contributed by atoms with Crippen molar-refractivity contribution in [3.05, 3.63) is 48.0 Å². The Morgan fingerprint density at radius 1 is 1.11 bits per heavy atom. The van der Waals surface area contributed by atoms with Crippen LogP contribution in [0.15, 0.2) is 42.5 Å². The Hall–Kier alpha value is -3.28. The molecule has 138 valence electrons. The standard InChI is InChI=1S/C21H19NO5/c1-2-7-25-14-5-3-13(4-6-14)17-10-16(21(23)24)15-11-19-20(12-18(15)22-17)27-9-8-26-19/h3-6,10-12H,2,7-9H2,1H3,(H,23,24). The first kappa shape index (κ1) is 17.1. The Kier molecular flexibility index (Phi) is 4.54. The van der Waals surface area contributed by atoms with Crippen LogP contribution in [-0.4, -0.2) is 35.9 Å². The second-order valence-corrected chi connectivity index (χ2v) is 6.25.